The van der Waals surface area contributed by atoms with Gasteiger partial charge in [0.05, 0.1) is 25.6 Å². The predicted octanol–water partition coefficient (Wildman–Crippen LogP) is 4.82. The number of rotatable bonds is 16. The minimum atomic E-state index is -0.113. The average molecular weight is 481 g/mol. The Morgan fingerprint density at radius 1 is 0.686 bits per heavy atom. The Morgan fingerprint density at radius 2 is 1.09 bits per heavy atom. The number of unbranched alkanes of at least 4 members (excludes halogenated alkanes) is 4. The summed E-state index contributed by atoms with van der Waals surface area (Å²) < 4.78 is 11.1. The van der Waals surface area contributed by atoms with Crippen molar-refractivity contribution in [2.75, 3.05) is 13.2 Å². The molecule has 0 saturated heterocycles. The maximum atomic E-state index is 12.0. The van der Waals surface area contributed by atoms with Crippen LogP contribution in [0.4, 0.5) is 0 Å². The Bertz CT molecular complexity index is 898. The highest BCUT2D eigenvalue weighted by Gasteiger charge is 2.03. The molecule has 0 fully saturated rings. The zero-order valence-electron chi connectivity index (χ0n) is 20.7. The summed E-state index contributed by atoms with van der Waals surface area (Å²) in [5, 5.41) is 8.04. The smallest absolute Gasteiger partial charge is 0.240 e. The molecule has 0 spiro atoms. The summed E-state index contributed by atoms with van der Waals surface area (Å²) in [5.74, 6) is 1.25. The number of carbonyl (C=O) groups is 2. The van der Waals surface area contributed by atoms with Gasteiger partial charge in [-0.15, -0.1) is 0 Å². The van der Waals surface area contributed by atoms with Gasteiger partial charge in [0.2, 0.25) is 11.8 Å². The average Bonchev–Trinajstić information content (AvgIpc) is 2.86. The van der Waals surface area contributed by atoms with Gasteiger partial charge in [0, 0.05) is 24.0 Å². The van der Waals surface area contributed by atoms with Gasteiger partial charge in [-0.3, -0.25) is 9.59 Å². The predicted molar refractivity (Wildman–Crippen MR) is 139 cm³/mol. The largest absolute Gasteiger partial charge is 0.493 e. The Balaban J connectivity index is 1.53. The molecule has 2 N–H and O–H groups in total. The van der Waals surface area contributed by atoms with E-state index in [9.17, 15) is 9.59 Å². The molecule has 2 aromatic rings. The van der Waals surface area contributed by atoms with Crippen molar-refractivity contribution >= 4 is 24.2 Å². The van der Waals surface area contributed by atoms with Gasteiger partial charge in [0.25, 0.3) is 0 Å². The molecule has 0 aliphatic carbocycles. The maximum absolute atomic E-state index is 12.0. The van der Waals surface area contributed by atoms with Crippen molar-refractivity contribution in [3.8, 4) is 11.5 Å². The fourth-order valence-electron chi connectivity index (χ4n) is 3.31. The second-order valence-corrected chi connectivity index (χ2v) is 7.80. The van der Waals surface area contributed by atoms with Gasteiger partial charge >= 0.3 is 0 Å². The minimum Gasteiger partial charge on any atom is -0.493 e. The molecule has 0 unspecified atom stereocenters. The zero-order valence-corrected chi connectivity index (χ0v) is 20.7. The van der Waals surface area contributed by atoms with Crippen LogP contribution in [0.3, 0.4) is 0 Å². The molecule has 8 nitrogen and oxygen atoms in total. The summed E-state index contributed by atoms with van der Waals surface area (Å²) >= 11 is 0. The molecule has 188 valence electrons. The first-order valence-corrected chi connectivity index (χ1v) is 12.2. The third-order valence-electron chi connectivity index (χ3n) is 5.03. The van der Waals surface area contributed by atoms with E-state index in [1.54, 1.807) is 12.4 Å². The Morgan fingerprint density at radius 3 is 1.51 bits per heavy atom. The lowest BCUT2D eigenvalue weighted by Crippen LogP contribution is -2.17. The van der Waals surface area contributed by atoms with Crippen LogP contribution in [0.25, 0.3) is 0 Å². The Kier molecular flexibility index (Phi) is 13.3. The summed E-state index contributed by atoms with van der Waals surface area (Å²) in [6, 6.07) is 15.1. The highest BCUT2D eigenvalue weighted by Crippen LogP contribution is 2.16. The standard InChI is InChI=1S/C27H36N4O4/c1-3-34-24-16-12-10-14-22(24)20-28-30-26(32)18-8-6-5-7-9-19-27(33)31-29-21-23-15-11-13-17-25(23)35-4-2/h10-17,20-21H,3-9,18-19H2,1-2H3,(H,30,32)(H,31,33)/b28-20-,29-21-. The number of carbonyl (C=O) groups excluding carboxylic acids is 2. The fraction of sp³-hybridized carbons (Fsp3) is 0.407. The SMILES string of the molecule is CCOc1ccccc1/C=N\NC(=O)CCCCCCCC(=O)N/N=C\c1ccccc1OCC. The van der Waals surface area contributed by atoms with E-state index < -0.39 is 0 Å². The summed E-state index contributed by atoms with van der Waals surface area (Å²) in [4.78, 5) is 23.9. The fourth-order valence-corrected chi connectivity index (χ4v) is 3.31. The molecule has 2 amide bonds. The van der Waals surface area contributed by atoms with Gasteiger partial charge in [-0.2, -0.15) is 10.2 Å². The molecule has 0 aliphatic heterocycles. The summed E-state index contributed by atoms with van der Waals surface area (Å²) in [6.45, 7) is 4.98. The molecule has 0 aliphatic rings. The van der Waals surface area contributed by atoms with Crippen molar-refractivity contribution in [2.24, 2.45) is 10.2 Å². The third-order valence-corrected chi connectivity index (χ3v) is 5.03. The molecule has 8 heteroatoms. The number of amides is 2. The minimum absolute atomic E-state index is 0.113. The number of para-hydroxylation sites is 2. The van der Waals surface area contributed by atoms with Gasteiger partial charge in [-0.25, -0.2) is 10.9 Å². The highest BCUT2D eigenvalue weighted by molar-refractivity contribution is 5.85. The Labute approximate surface area is 207 Å². The first-order valence-electron chi connectivity index (χ1n) is 12.2. The van der Waals surface area contributed by atoms with Gasteiger partial charge in [0.15, 0.2) is 0 Å². The molecule has 0 atom stereocenters. The number of benzene rings is 2. The van der Waals surface area contributed by atoms with E-state index in [1.807, 2.05) is 62.4 Å². The van der Waals surface area contributed by atoms with Gasteiger partial charge < -0.3 is 9.47 Å². The maximum Gasteiger partial charge on any atom is 0.240 e. The van der Waals surface area contributed by atoms with Crippen LogP contribution >= 0.6 is 0 Å². The van der Waals surface area contributed by atoms with Crippen molar-refractivity contribution in [3.63, 3.8) is 0 Å². The van der Waals surface area contributed by atoms with E-state index in [0.717, 1.165) is 54.7 Å². The molecule has 0 saturated carbocycles. The second-order valence-electron chi connectivity index (χ2n) is 7.80. The van der Waals surface area contributed by atoms with E-state index in [0.29, 0.717) is 26.1 Å². The first kappa shape index (κ1) is 27.6. The monoisotopic (exact) mass is 480 g/mol. The van der Waals surface area contributed by atoms with Crippen LogP contribution in [0.2, 0.25) is 0 Å². The Hall–Kier alpha value is -3.68. The third kappa shape index (κ3) is 11.3. The lowest BCUT2D eigenvalue weighted by atomic mass is 10.1. The molecule has 2 aromatic carbocycles. The topological polar surface area (TPSA) is 101 Å². The van der Waals surface area contributed by atoms with E-state index in [-0.39, 0.29) is 11.8 Å². The summed E-state index contributed by atoms with van der Waals surface area (Å²) in [6.07, 6.45) is 8.42. The molecular weight excluding hydrogens is 444 g/mol. The van der Waals surface area contributed by atoms with Crippen molar-refractivity contribution in [2.45, 2.75) is 58.8 Å². The van der Waals surface area contributed by atoms with E-state index in [1.165, 1.54) is 0 Å². The zero-order chi connectivity index (χ0) is 25.1. The van der Waals surface area contributed by atoms with Crippen LogP contribution in [0, 0.1) is 0 Å². The number of nitrogens with one attached hydrogen (secondary N) is 2. The van der Waals surface area contributed by atoms with Crippen LogP contribution in [0.1, 0.15) is 69.9 Å². The van der Waals surface area contributed by atoms with Crippen LogP contribution in [0.5, 0.6) is 11.5 Å². The molecule has 0 bridgehead atoms. The van der Waals surface area contributed by atoms with Gasteiger partial charge in [-0.05, 0) is 51.0 Å². The summed E-state index contributed by atoms with van der Waals surface area (Å²) in [5.41, 5.74) is 6.76. The first-order chi connectivity index (χ1) is 17.1. The quantitative estimate of drug-likeness (QED) is 0.204. The highest BCUT2D eigenvalue weighted by atomic mass is 16.5. The van der Waals surface area contributed by atoms with E-state index >= 15 is 0 Å². The van der Waals surface area contributed by atoms with Crippen molar-refractivity contribution in [3.05, 3.63) is 59.7 Å². The number of ether oxygens (including phenoxy) is 2. The number of hydrazone groups is 2. The molecule has 0 radical (unpaired) electrons. The van der Waals surface area contributed by atoms with Crippen LogP contribution in [-0.2, 0) is 9.59 Å². The molecule has 35 heavy (non-hydrogen) atoms. The van der Waals surface area contributed by atoms with Crippen molar-refractivity contribution in [1.82, 2.24) is 10.9 Å². The van der Waals surface area contributed by atoms with Crippen molar-refractivity contribution < 1.29 is 19.1 Å². The number of hydrogen-bond acceptors (Lipinski definition) is 6. The second kappa shape index (κ2) is 16.9. The molecular formula is C27H36N4O4. The van der Waals surface area contributed by atoms with Gasteiger partial charge in [0.1, 0.15) is 11.5 Å². The van der Waals surface area contributed by atoms with Crippen LogP contribution in [-0.4, -0.2) is 37.5 Å². The number of hydrogen-bond donors (Lipinski definition) is 2. The normalized spacial score (nSPS) is 11.0. The van der Waals surface area contributed by atoms with Crippen LogP contribution < -0.4 is 20.3 Å². The van der Waals surface area contributed by atoms with Gasteiger partial charge in [-0.1, -0.05) is 43.5 Å². The molecule has 0 aromatic heterocycles. The summed E-state index contributed by atoms with van der Waals surface area (Å²) in [7, 11) is 0. The lowest BCUT2D eigenvalue weighted by Gasteiger charge is -2.06. The van der Waals surface area contributed by atoms with E-state index in [4.69, 9.17) is 9.47 Å². The lowest BCUT2D eigenvalue weighted by molar-refractivity contribution is -0.121. The number of nitrogens with zero attached hydrogens (tertiary/aromatic N) is 2. The molecule has 2 rings (SSSR count). The van der Waals surface area contributed by atoms with E-state index in [2.05, 4.69) is 21.1 Å². The van der Waals surface area contributed by atoms with Crippen molar-refractivity contribution in [1.29, 1.82) is 0 Å². The van der Waals surface area contributed by atoms with Crippen LogP contribution in [0.15, 0.2) is 58.7 Å². The molecule has 0 heterocycles.